The van der Waals surface area contributed by atoms with Crippen LogP contribution in [0.2, 0.25) is 0 Å². The van der Waals surface area contributed by atoms with E-state index in [0.29, 0.717) is 11.7 Å². The van der Waals surface area contributed by atoms with Gasteiger partial charge in [-0.25, -0.2) is 4.98 Å². The van der Waals surface area contributed by atoms with E-state index in [-0.39, 0.29) is 5.84 Å². The summed E-state index contributed by atoms with van der Waals surface area (Å²) in [6, 6.07) is 6.07. The third-order valence-corrected chi connectivity index (χ3v) is 4.06. The molecule has 1 saturated heterocycles. The van der Waals surface area contributed by atoms with Crippen LogP contribution in [0.4, 0.5) is 5.82 Å². The van der Waals surface area contributed by atoms with Crippen molar-refractivity contribution in [2.24, 2.45) is 10.9 Å². The lowest BCUT2D eigenvalue weighted by molar-refractivity contribution is 0.318. The van der Waals surface area contributed by atoms with Crippen molar-refractivity contribution in [1.29, 1.82) is 0 Å². The number of aromatic nitrogens is 1. The van der Waals surface area contributed by atoms with Gasteiger partial charge in [0.1, 0.15) is 11.5 Å². The molecule has 0 saturated carbocycles. The molecule has 0 bridgehead atoms. The molecule has 5 nitrogen and oxygen atoms in total. The largest absolute Gasteiger partial charge is 0.409 e. The summed E-state index contributed by atoms with van der Waals surface area (Å²) in [5.74, 6) is 3.24. The summed E-state index contributed by atoms with van der Waals surface area (Å²) in [6.07, 6.45) is 1.18. The molecule has 2 rings (SSSR count). The lowest BCUT2D eigenvalue weighted by atomic mass is 10.2. The summed E-state index contributed by atoms with van der Waals surface area (Å²) in [4.78, 5) is 6.55. The van der Waals surface area contributed by atoms with Crippen molar-refractivity contribution in [3.63, 3.8) is 0 Å². The van der Waals surface area contributed by atoms with E-state index >= 15 is 0 Å². The molecule has 17 heavy (non-hydrogen) atoms. The van der Waals surface area contributed by atoms with Crippen molar-refractivity contribution in [1.82, 2.24) is 4.98 Å². The molecule has 1 atom stereocenters. The van der Waals surface area contributed by atoms with Crippen molar-refractivity contribution in [2.45, 2.75) is 12.5 Å². The molecule has 1 fully saturated rings. The maximum Gasteiger partial charge on any atom is 0.188 e. The first-order valence-corrected chi connectivity index (χ1v) is 6.63. The van der Waals surface area contributed by atoms with E-state index in [1.54, 1.807) is 6.07 Å². The highest BCUT2D eigenvalue weighted by molar-refractivity contribution is 7.99. The molecule has 0 aliphatic carbocycles. The molecule has 1 aromatic rings. The third kappa shape index (κ3) is 2.63. The molecule has 1 unspecified atom stereocenters. The summed E-state index contributed by atoms with van der Waals surface area (Å²) in [5, 5.41) is 11.6. The molecule has 2 heterocycles. The molecule has 0 aromatic carbocycles. The van der Waals surface area contributed by atoms with Crippen LogP contribution in [-0.4, -0.2) is 40.6 Å². The van der Waals surface area contributed by atoms with E-state index in [9.17, 15) is 0 Å². The first-order chi connectivity index (χ1) is 8.22. The maximum atomic E-state index is 8.64. The van der Waals surface area contributed by atoms with Gasteiger partial charge in [0, 0.05) is 18.8 Å². The Bertz CT molecular complexity index is 418. The highest BCUT2D eigenvalue weighted by atomic mass is 32.2. The molecular formula is C11H16N4OS. The van der Waals surface area contributed by atoms with Crippen LogP contribution in [0.15, 0.2) is 23.4 Å². The number of pyridine rings is 1. The van der Waals surface area contributed by atoms with Crippen LogP contribution in [0.1, 0.15) is 12.1 Å². The van der Waals surface area contributed by atoms with Crippen LogP contribution in [0.5, 0.6) is 0 Å². The molecule has 1 aliphatic rings. The number of oxime groups is 1. The van der Waals surface area contributed by atoms with E-state index in [0.717, 1.165) is 11.6 Å². The molecule has 0 amide bonds. The van der Waals surface area contributed by atoms with Crippen LogP contribution < -0.4 is 10.6 Å². The number of nitrogens with zero attached hydrogens (tertiary/aromatic N) is 3. The summed E-state index contributed by atoms with van der Waals surface area (Å²) in [5.41, 5.74) is 6.03. The number of hydrogen-bond donors (Lipinski definition) is 2. The van der Waals surface area contributed by atoms with Gasteiger partial charge in [-0.1, -0.05) is 11.2 Å². The van der Waals surface area contributed by atoms with Gasteiger partial charge >= 0.3 is 0 Å². The number of hydrogen-bond acceptors (Lipinski definition) is 5. The predicted octanol–water partition coefficient (Wildman–Crippen LogP) is 1.12. The van der Waals surface area contributed by atoms with Gasteiger partial charge in [-0.15, -0.1) is 0 Å². The topological polar surface area (TPSA) is 74.7 Å². The van der Waals surface area contributed by atoms with Crippen LogP contribution in [0, 0.1) is 0 Å². The fourth-order valence-electron chi connectivity index (χ4n) is 1.83. The monoisotopic (exact) mass is 252 g/mol. The molecule has 1 aromatic heterocycles. The summed E-state index contributed by atoms with van der Waals surface area (Å²) in [7, 11) is 2.04. The number of thioether (sulfide) groups is 1. The van der Waals surface area contributed by atoms with Crippen molar-refractivity contribution >= 4 is 23.4 Å². The van der Waals surface area contributed by atoms with Gasteiger partial charge in [0.15, 0.2) is 5.84 Å². The minimum atomic E-state index is 0.0426. The summed E-state index contributed by atoms with van der Waals surface area (Å²) < 4.78 is 0. The first kappa shape index (κ1) is 12.0. The Morgan fingerprint density at radius 3 is 3.12 bits per heavy atom. The lowest BCUT2D eigenvalue weighted by Crippen LogP contribution is -2.32. The Kier molecular flexibility index (Phi) is 3.73. The number of amidine groups is 1. The zero-order valence-corrected chi connectivity index (χ0v) is 10.5. The molecule has 0 radical (unpaired) electrons. The summed E-state index contributed by atoms with van der Waals surface area (Å²) in [6.45, 7) is 0. The highest BCUT2D eigenvalue weighted by Gasteiger charge is 2.21. The Labute approximate surface area is 105 Å². The number of anilines is 1. The quantitative estimate of drug-likeness (QED) is 0.365. The minimum absolute atomic E-state index is 0.0426. The van der Waals surface area contributed by atoms with Crippen molar-refractivity contribution in [3.8, 4) is 0 Å². The molecule has 92 valence electrons. The van der Waals surface area contributed by atoms with Crippen molar-refractivity contribution in [3.05, 3.63) is 23.9 Å². The van der Waals surface area contributed by atoms with Gasteiger partial charge in [0.05, 0.1) is 0 Å². The Hall–Kier alpha value is -1.43. The average Bonchev–Trinajstić information content (AvgIpc) is 2.91. The van der Waals surface area contributed by atoms with Crippen LogP contribution in [-0.2, 0) is 0 Å². The standard InChI is InChI=1S/C11H16N4OS/c1-15(8-5-6-17-7-8)10-4-2-3-9(13-10)11(12)14-16/h2-4,8,16H,5-7H2,1H3,(H2,12,14). The molecule has 0 spiro atoms. The fraction of sp³-hybridized carbons (Fsp3) is 0.455. The third-order valence-electron chi connectivity index (χ3n) is 2.92. The first-order valence-electron chi connectivity index (χ1n) is 5.48. The van der Waals surface area contributed by atoms with Crippen LogP contribution in [0.25, 0.3) is 0 Å². The molecule has 3 N–H and O–H groups in total. The van der Waals surface area contributed by atoms with E-state index in [1.165, 1.54) is 12.2 Å². The smallest absolute Gasteiger partial charge is 0.188 e. The van der Waals surface area contributed by atoms with Gasteiger partial charge in [-0.2, -0.15) is 11.8 Å². The van der Waals surface area contributed by atoms with E-state index in [4.69, 9.17) is 10.9 Å². The van der Waals surface area contributed by atoms with E-state index < -0.39 is 0 Å². The Morgan fingerprint density at radius 2 is 2.47 bits per heavy atom. The normalized spacial score (nSPS) is 20.5. The predicted molar refractivity (Wildman–Crippen MR) is 70.9 cm³/mol. The van der Waals surface area contributed by atoms with Crippen LogP contribution >= 0.6 is 11.8 Å². The van der Waals surface area contributed by atoms with Gasteiger partial charge in [-0.3, -0.25) is 0 Å². The zero-order chi connectivity index (χ0) is 12.3. The summed E-state index contributed by atoms with van der Waals surface area (Å²) >= 11 is 1.96. The van der Waals surface area contributed by atoms with Gasteiger partial charge in [-0.05, 0) is 24.3 Å². The van der Waals surface area contributed by atoms with E-state index in [2.05, 4.69) is 15.0 Å². The Morgan fingerprint density at radius 1 is 1.65 bits per heavy atom. The fourth-order valence-corrected chi connectivity index (χ4v) is 3.10. The molecule has 6 heteroatoms. The van der Waals surface area contributed by atoms with Crippen molar-refractivity contribution < 1.29 is 5.21 Å². The average molecular weight is 252 g/mol. The van der Waals surface area contributed by atoms with E-state index in [1.807, 2.05) is 30.9 Å². The zero-order valence-electron chi connectivity index (χ0n) is 9.71. The van der Waals surface area contributed by atoms with Crippen molar-refractivity contribution in [2.75, 3.05) is 23.5 Å². The second-order valence-electron chi connectivity index (χ2n) is 3.99. The SMILES string of the molecule is CN(c1cccc(C(N)=NO)n1)C1CCSC1. The second kappa shape index (κ2) is 5.27. The molecular weight excluding hydrogens is 236 g/mol. The molecule has 1 aliphatic heterocycles. The maximum absolute atomic E-state index is 8.64. The minimum Gasteiger partial charge on any atom is -0.409 e. The number of rotatable bonds is 3. The van der Waals surface area contributed by atoms with Gasteiger partial charge in [0.2, 0.25) is 0 Å². The van der Waals surface area contributed by atoms with Gasteiger partial charge in [0.25, 0.3) is 0 Å². The lowest BCUT2D eigenvalue weighted by Gasteiger charge is -2.25. The Balaban J connectivity index is 2.20. The second-order valence-corrected chi connectivity index (χ2v) is 5.14. The van der Waals surface area contributed by atoms with Crippen LogP contribution in [0.3, 0.4) is 0 Å². The van der Waals surface area contributed by atoms with Gasteiger partial charge < -0.3 is 15.8 Å². The number of nitrogens with two attached hydrogens (primary N) is 1. The highest BCUT2D eigenvalue weighted by Crippen LogP contribution is 2.24.